The summed E-state index contributed by atoms with van der Waals surface area (Å²) in [6.07, 6.45) is 0. The molecule has 196 valence electrons. The van der Waals surface area contributed by atoms with Crippen LogP contribution in [0.5, 0.6) is 11.6 Å². The van der Waals surface area contributed by atoms with Crippen LogP contribution in [0.1, 0.15) is 32.6 Å². The van der Waals surface area contributed by atoms with Crippen molar-refractivity contribution in [2.45, 2.75) is 32.4 Å². The smallest absolute Gasteiger partial charge is 0.281 e. The highest BCUT2D eigenvalue weighted by Crippen LogP contribution is 2.32. The molecule has 0 saturated carbocycles. The zero-order valence-corrected chi connectivity index (χ0v) is 22.3. The van der Waals surface area contributed by atoms with Gasteiger partial charge in [0.1, 0.15) is 17.1 Å². The van der Waals surface area contributed by atoms with Crippen molar-refractivity contribution in [3.05, 3.63) is 94.5 Å². The molecule has 0 atom stereocenters. The van der Waals surface area contributed by atoms with Gasteiger partial charge in [0.05, 0.1) is 12.3 Å². The summed E-state index contributed by atoms with van der Waals surface area (Å²) in [6.45, 7) is 6.24. The first kappa shape index (κ1) is 26.8. The number of amides is 1. The molecule has 2 aromatic carbocycles. The van der Waals surface area contributed by atoms with Gasteiger partial charge in [-0.2, -0.15) is 8.42 Å². The summed E-state index contributed by atoms with van der Waals surface area (Å²) in [5.74, 6) is -0.407. The summed E-state index contributed by atoms with van der Waals surface area (Å²) in [6, 6.07) is 18.8. The van der Waals surface area contributed by atoms with Crippen molar-refractivity contribution in [1.29, 1.82) is 0 Å². The number of aryl methyl sites for hydroxylation is 3. The van der Waals surface area contributed by atoms with Gasteiger partial charge < -0.3 is 15.2 Å². The van der Waals surface area contributed by atoms with Crippen molar-refractivity contribution in [3.63, 3.8) is 0 Å². The van der Waals surface area contributed by atoms with Gasteiger partial charge in [-0.1, -0.05) is 48.0 Å². The van der Waals surface area contributed by atoms with E-state index in [9.17, 15) is 13.2 Å². The fourth-order valence-electron chi connectivity index (χ4n) is 4.02. The number of methoxy groups -OCH3 is 1. The lowest BCUT2D eigenvalue weighted by molar-refractivity contribution is 0.0978. The number of nitrogens with one attached hydrogen (secondary N) is 1. The van der Waals surface area contributed by atoms with Crippen LogP contribution in [-0.4, -0.2) is 31.4 Å². The minimum absolute atomic E-state index is 0.0113. The molecule has 3 N–H and O–H groups in total. The van der Waals surface area contributed by atoms with Crippen molar-refractivity contribution >= 4 is 21.7 Å². The Morgan fingerprint density at radius 3 is 2.26 bits per heavy atom. The first-order valence-electron chi connectivity index (χ1n) is 11.7. The maximum Gasteiger partial charge on any atom is 0.281 e. The van der Waals surface area contributed by atoms with Gasteiger partial charge in [-0.15, -0.1) is 0 Å². The van der Waals surface area contributed by atoms with Gasteiger partial charge in [-0.05, 0) is 61.7 Å². The largest absolute Gasteiger partial charge is 0.438 e. The highest BCUT2D eigenvalue weighted by Gasteiger charge is 2.25. The fraction of sp³-hybridized carbons (Fsp3) is 0.179. The molecule has 0 radical (unpaired) electrons. The molecule has 0 aliphatic rings. The molecule has 0 fully saturated rings. The number of benzene rings is 2. The quantitative estimate of drug-likeness (QED) is 0.333. The molecule has 0 aliphatic heterocycles. The minimum atomic E-state index is -4.30. The molecule has 2 aromatic heterocycles. The summed E-state index contributed by atoms with van der Waals surface area (Å²) < 4.78 is 39.1. The molecule has 9 nitrogen and oxygen atoms in total. The second-order valence-electron chi connectivity index (χ2n) is 8.84. The minimum Gasteiger partial charge on any atom is -0.438 e. The lowest BCUT2D eigenvalue weighted by Crippen LogP contribution is -2.31. The number of nitrogens with two attached hydrogens (primary N) is 1. The van der Waals surface area contributed by atoms with Crippen molar-refractivity contribution in [2.75, 3.05) is 12.8 Å². The van der Waals surface area contributed by atoms with Crippen LogP contribution in [0.15, 0.2) is 71.8 Å². The zero-order valence-electron chi connectivity index (χ0n) is 21.5. The summed E-state index contributed by atoms with van der Waals surface area (Å²) in [5, 5.41) is -0.376. The molecule has 4 rings (SSSR count). The lowest BCUT2D eigenvalue weighted by Gasteiger charge is -2.16. The summed E-state index contributed by atoms with van der Waals surface area (Å²) in [7, 11) is -2.67. The van der Waals surface area contributed by atoms with Crippen molar-refractivity contribution < 1.29 is 22.7 Å². The second kappa shape index (κ2) is 11.0. The maximum absolute atomic E-state index is 13.2. The molecule has 0 saturated heterocycles. The molecule has 0 spiro atoms. The number of nitrogen functional groups attached to an aromatic ring is 1. The van der Waals surface area contributed by atoms with Gasteiger partial charge >= 0.3 is 0 Å². The predicted octanol–water partition coefficient (Wildman–Crippen LogP) is 4.71. The van der Waals surface area contributed by atoms with Crippen molar-refractivity contribution in [2.24, 2.45) is 0 Å². The maximum atomic E-state index is 13.2. The number of carbonyl (C=O) groups excluding carboxylic acids is 1. The monoisotopic (exact) mass is 532 g/mol. The SMILES string of the molecule is COCc1ccc(-c2ccc(C(=O)NS(=O)(=O)c3cccc(N)n3)c(Oc3c(C)cc(C)cc3C)n2)cc1. The Morgan fingerprint density at radius 1 is 0.947 bits per heavy atom. The number of hydrogen-bond donors (Lipinski definition) is 2. The number of sulfonamides is 1. The average molecular weight is 533 g/mol. The number of ether oxygens (including phenoxy) is 2. The highest BCUT2D eigenvalue weighted by molar-refractivity contribution is 7.90. The number of hydrogen-bond acceptors (Lipinski definition) is 8. The Kier molecular flexibility index (Phi) is 7.75. The Bertz CT molecular complexity index is 1580. The number of rotatable bonds is 8. The lowest BCUT2D eigenvalue weighted by atomic mass is 10.1. The first-order valence-corrected chi connectivity index (χ1v) is 13.2. The Hall–Kier alpha value is -4.28. The predicted molar refractivity (Wildman–Crippen MR) is 144 cm³/mol. The third-order valence-corrected chi connectivity index (χ3v) is 6.95. The van der Waals surface area contributed by atoms with Gasteiger partial charge in [0.2, 0.25) is 5.88 Å². The molecule has 2 heterocycles. The molecule has 4 aromatic rings. The van der Waals surface area contributed by atoms with E-state index >= 15 is 0 Å². The van der Waals surface area contributed by atoms with Gasteiger partial charge in [-0.25, -0.2) is 14.7 Å². The van der Waals surface area contributed by atoms with E-state index in [-0.39, 0.29) is 22.3 Å². The van der Waals surface area contributed by atoms with Gasteiger partial charge in [0.15, 0.2) is 5.03 Å². The number of pyridine rings is 2. The highest BCUT2D eigenvalue weighted by atomic mass is 32.2. The topological polar surface area (TPSA) is 134 Å². The van der Waals surface area contributed by atoms with Crippen LogP contribution in [0.3, 0.4) is 0 Å². The molecule has 10 heteroatoms. The van der Waals surface area contributed by atoms with Crippen LogP contribution in [-0.2, 0) is 21.4 Å². The normalized spacial score (nSPS) is 11.3. The fourth-order valence-corrected chi connectivity index (χ4v) is 4.97. The van der Waals surface area contributed by atoms with Crippen LogP contribution in [0, 0.1) is 20.8 Å². The summed E-state index contributed by atoms with van der Waals surface area (Å²) in [5.41, 5.74) is 10.6. The van der Waals surface area contributed by atoms with E-state index in [2.05, 4.69) is 9.97 Å². The standard InChI is InChI=1S/C28H28N4O5S/c1-17-14-18(2)26(19(3)15-17)37-28-22(27(33)32-38(34,35)25-7-5-6-24(29)31-25)12-13-23(30-28)21-10-8-20(9-11-21)16-36-4/h5-15H,16H2,1-4H3,(H2,29,31)(H,32,33). The van der Waals surface area contributed by atoms with E-state index in [1.807, 2.05) is 61.9 Å². The first-order chi connectivity index (χ1) is 18.1. The Labute approximate surface area is 221 Å². The number of nitrogens with zero attached hydrogens (tertiary/aromatic N) is 2. The van der Waals surface area contributed by atoms with E-state index in [1.54, 1.807) is 13.2 Å². The number of anilines is 1. The van der Waals surface area contributed by atoms with Gasteiger partial charge in [-0.3, -0.25) is 4.79 Å². The summed E-state index contributed by atoms with van der Waals surface area (Å²) in [4.78, 5) is 21.7. The van der Waals surface area contributed by atoms with Gasteiger partial charge in [0, 0.05) is 12.7 Å². The third-order valence-electron chi connectivity index (χ3n) is 5.72. The third kappa shape index (κ3) is 5.99. The molecule has 38 heavy (non-hydrogen) atoms. The molecule has 1 amide bonds. The Morgan fingerprint density at radius 2 is 1.63 bits per heavy atom. The molecule has 0 bridgehead atoms. The van der Waals surface area contributed by atoms with E-state index < -0.39 is 15.9 Å². The van der Waals surface area contributed by atoms with Crippen LogP contribution < -0.4 is 15.2 Å². The van der Waals surface area contributed by atoms with Crippen LogP contribution in [0.4, 0.5) is 5.82 Å². The van der Waals surface area contributed by atoms with E-state index in [0.29, 0.717) is 18.1 Å². The van der Waals surface area contributed by atoms with E-state index in [0.717, 1.165) is 27.8 Å². The van der Waals surface area contributed by atoms with E-state index in [4.69, 9.17) is 15.2 Å². The molecule has 0 aliphatic carbocycles. The van der Waals surface area contributed by atoms with Crippen LogP contribution in [0.25, 0.3) is 11.3 Å². The Balaban J connectivity index is 1.75. The van der Waals surface area contributed by atoms with Crippen molar-refractivity contribution in [1.82, 2.24) is 14.7 Å². The zero-order chi connectivity index (χ0) is 27.4. The molecular formula is C28H28N4O5S. The van der Waals surface area contributed by atoms with Crippen molar-refractivity contribution in [3.8, 4) is 22.9 Å². The van der Waals surface area contributed by atoms with Crippen LogP contribution in [0.2, 0.25) is 0 Å². The number of carbonyl (C=O) groups is 1. The second-order valence-corrected chi connectivity index (χ2v) is 10.5. The summed E-state index contributed by atoms with van der Waals surface area (Å²) >= 11 is 0. The van der Waals surface area contributed by atoms with Crippen LogP contribution >= 0.6 is 0 Å². The van der Waals surface area contributed by atoms with E-state index in [1.165, 1.54) is 24.3 Å². The van der Waals surface area contributed by atoms with Gasteiger partial charge in [0.25, 0.3) is 15.9 Å². The number of aromatic nitrogens is 2. The molecule has 0 unspecified atom stereocenters. The molecular weight excluding hydrogens is 504 g/mol. The average Bonchev–Trinajstić information content (AvgIpc) is 2.86.